The molecule has 10 heteroatoms. The van der Waals surface area contributed by atoms with Crippen LogP contribution in [0.1, 0.15) is 6.42 Å². The molecule has 1 aromatic heterocycles. The molecule has 0 saturated carbocycles. The van der Waals surface area contributed by atoms with Crippen LogP contribution < -0.4 is 15.4 Å². The molecule has 0 aliphatic carbocycles. The largest absolute Gasteiger partial charge is 0.384 e. The van der Waals surface area contributed by atoms with E-state index in [9.17, 15) is 13.2 Å². The highest BCUT2D eigenvalue weighted by molar-refractivity contribution is 7.92. The molecule has 0 spiro atoms. The molecule has 0 fully saturated rings. The fraction of sp³-hybridized carbons (Fsp3) is 0.0667. The molecule has 126 valence electrons. The molecule has 0 saturated heterocycles. The van der Waals surface area contributed by atoms with Crippen LogP contribution in [-0.2, 0) is 14.8 Å². The van der Waals surface area contributed by atoms with Crippen molar-refractivity contribution in [1.29, 1.82) is 5.26 Å². The highest BCUT2D eigenvalue weighted by Gasteiger charge is 2.30. The van der Waals surface area contributed by atoms with Gasteiger partial charge in [-0.2, -0.15) is 5.26 Å². The van der Waals surface area contributed by atoms with E-state index >= 15 is 0 Å². The number of anilines is 2. The van der Waals surface area contributed by atoms with Gasteiger partial charge in [0.2, 0.25) is 11.9 Å². The molecular formula is C15H12N6O3S. The summed E-state index contributed by atoms with van der Waals surface area (Å²) in [6.45, 7) is 0. The summed E-state index contributed by atoms with van der Waals surface area (Å²) in [5, 5.41) is 8.94. The van der Waals surface area contributed by atoms with Crippen LogP contribution in [0, 0.1) is 11.3 Å². The third-order valence-electron chi connectivity index (χ3n) is 3.46. The van der Waals surface area contributed by atoms with Gasteiger partial charge < -0.3 is 5.73 Å². The molecule has 25 heavy (non-hydrogen) atoms. The minimum Gasteiger partial charge on any atom is -0.384 e. The van der Waals surface area contributed by atoms with Crippen molar-refractivity contribution in [3.05, 3.63) is 54.1 Å². The van der Waals surface area contributed by atoms with Gasteiger partial charge in [-0.25, -0.2) is 23.1 Å². The van der Waals surface area contributed by atoms with Crippen LogP contribution >= 0.6 is 0 Å². The van der Waals surface area contributed by atoms with Gasteiger partial charge in [-0.1, -0.05) is 0 Å². The summed E-state index contributed by atoms with van der Waals surface area (Å²) in [6, 6.07) is 8.96. The van der Waals surface area contributed by atoms with E-state index in [4.69, 9.17) is 11.0 Å². The zero-order chi connectivity index (χ0) is 18.0. The Balaban J connectivity index is 1.87. The van der Waals surface area contributed by atoms with Crippen molar-refractivity contribution in [3.8, 4) is 6.07 Å². The highest BCUT2D eigenvalue weighted by atomic mass is 32.2. The number of hydrogen-bond acceptors (Lipinski definition) is 7. The highest BCUT2D eigenvalue weighted by Crippen LogP contribution is 2.28. The first kappa shape index (κ1) is 16.4. The first-order valence-electron chi connectivity index (χ1n) is 7.04. The van der Waals surface area contributed by atoms with Gasteiger partial charge in [-0.05, 0) is 30.3 Å². The predicted octanol–water partition coefficient (Wildman–Crippen LogP) is 0.708. The van der Waals surface area contributed by atoms with Gasteiger partial charge in [0.15, 0.2) is 0 Å². The molecule has 1 amide bonds. The standard InChI is InChI=1S/C15H12N6O3S/c16-9-10-8-13(22)21(14(10)17)11-2-4-12(5-3-11)25(23,24)20-15-18-6-1-7-19-15/h1-7H,8,17H2,(H,18,19,20). The number of carbonyl (C=O) groups excluding carboxylic acids is 1. The Kier molecular flexibility index (Phi) is 4.08. The lowest BCUT2D eigenvalue weighted by Gasteiger charge is -2.17. The molecule has 1 aliphatic heterocycles. The van der Waals surface area contributed by atoms with Crippen molar-refractivity contribution in [2.75, 3.05) is 9.62 Å². The zero-order valence-electron chi connectivity index (χ0n) is 12.7. The first-order valence-corrected chi connectivity index (χ1v) is 8.52. The number of rotatable bonds is 4. The molecular weight excluding hydrogens is 344 g/mol. The smallest absolute Gasteiger partial charge is 0.264 e. The molecule has 1 aliphatic rings. The Morgan fingerprint density at radius 1 is 1.20 bits per heavy atom. The van der Waals surface area contributed by atoms with Crippen LogP contribution in [0.4, 0.5) is 11.6 Å². The SMILES string of the molecule is N#CC1=C(N)N(c2ccc(S(=O)(=O)Nc3ncccn3)cc2)C(=O)C1. The molecule has 3 N–H and O–H groups in total. The topological polar surface area (TPSA) is 142 Å². The molecule has 0 radical (unpaired) electrons. The third-order valence-corrected chi connectivity index (χ3v) is 4.80. The second kappa shape index (κ2) is 6.21. The van der Waals surface area contributed by atoms with Crippen molar-refractivity contribution in [2.24, 2.45) is 5.73 Å². The van der Waals surface area contributed by atoms with Gasteiger partial charge in [0.1, 0.15) is 5.82 Å². The van der Waals surface area contributed by atoms with Crippen LogP contribution in [0.5, 0.6) is 0 Å². The lowest BCUT2D eigenvalue weighted by molar-refractivity contribution is -0.116. The summed E-state index contributed by atoms with van der Waals surface area (Å²) >= 11 is 0. The number of nitrogens with one attached hydrogen (secondary N) is 1. The number of carbonyl (C=O) groups is 1. The van der Waals surface area contributed by atoms with Gasteiger partial charge in [0, 0.05) is 12.4 Å². The summed E-state index contributed by atoms with van der Waals surface area (Å²) < 4.78 is 26.9. The van der Waals surface area contributed by atoms with Crippen LogP contribution in [0.3, 0.4) is 0 Å². The first-order chi connectivity index (χ1) is 11.9. The summed E-state index contributed by atoms with van der Waals surface area (Å²) in [7, 11) is -3.87. The molecule has 0 unspecified atom stereocenters. The Morgan fingerprint density at radius 3 is 2.40 bits per heavy atom. The number of sulfonamides is 1. The average molecular weight is 356 g/mol. The molecule has 0 bridgehead atoms. The number of hydrogen-bond donors (Lipinski definition) is 2. The minimum atomic E-state index is -3.87. The number of nitriles is 1. The number of amides is 1. The van der Waals surface area contributed by atoms with E-state index in [1.54, 1.807) is 6.07 Å². The van der Waals surface area contributed by atoms with E-state index in [2.05, 4.69) is 14.7 Å². The van der Waals surface area contributed by atoms with Crippen molar-refractivity contribution in [1.82, 2.24) is 9.97 Å². The van der Waals surface area contributed by atoms with Crippen molar-refractivity contribution >= 4 is 27.6 Å². The predicted molar refractivity (Wildman–Crippen MR) is 88.2 cm³/mol. The maximum absolute atomic E-state index is 12.3. The van der Waals surface area contributed by atoms with Crippen LogP contribution in [0.2, 0.25) is 0 Å². The number of benzene rings is 1. The number of nitrogens with two attached hydrogens (primary N) is 1. The van der Waals surface area contributed by atoms with Crippen molar-refractivity contribution < 1.29 is 13.2 Å². The average Bonchev–Trinajstić information content (AvgIpc) is 2.89. The van der Waals surface area contributed by atoms with E-state index in [1.165, 1.54) is 41.6 Å². The fourth-order valence-electron chi connectivity index (χ4n) is 2.28. The minimum absolute atomic E-state index is 0.0293. The van der Waals surface area contributed by atoms with E-state index in [-0.39, 0.29) is 34.6 Å². The normalized spacial score (nSPS) is 14.5. The van der Waals surface area contributed by atoms with Gasteiger partial charge in [0.25, 0.3) is 10.0 Å². The van der Waals surface area contributed by atoms with Crippen molar-refractivity contribution in [3.63, 3.8) is 0 Å². The van der Waals surface area contributed by atoms with Crippen LogP contribution in [-0.4, -0.2) is 24.3 Å². The Hall–Kier alpha value is -3.45. The van der Waals surface area contributed by atoms with Gasteiger partial charge in [0.05, 0.1) is 28.6 Å². The van der Waals surface area contributed by atoms with E-state index in [0.717, 1.165) is 0 Å². The number of nitrogens with zero attached hydrogens (tertiary/aromatic N) is 4. The Morgan fingerprint density at radius 2 is 1.84 bits per heavy atom. The monoisotopic (exact) mass is 356 g/mol. The lowest BCUT2D eigenvalue weighted by atomic mass is 10.2. The summed E-state index contributed by atoms with van der Waals surface area (Å²) in [6.07, 6.45) is 2.75. The summed E-state index contributed by atoms with van der Waals surface area (Å²) in [5.74, 6) is -0.341. The van der Waals surface area contributed by atoms with Crippen molar-refractivity contribution in [2.45, 2.75) is 11.3 Å². The quantitative estimate of drug-likeness (QED) is 0.821. The number of aromatic nitrogens is 2. The maximum atomic E-state index is 12.3. The Labute approximate surface area is 143 Å². The second-order valence-electron chi connectivity index (χ2n) is 5.05. The summed E-state index contributed by atoms with van der Waals surface area (Å²) in [4.78, 5) is 20.7. The summed E-state index contributed by atoms with van der Waals surface area (Å²) in [5.41, 5.74) is 6.36. The second-order valence-corrected chi connectivity index (χ2v) is 6.74. The third kappa shape index (κ3) is 3.13. The molecule has 9 nitrogen and oxygen atoms in total. The molecule has 3 rings (SSSR count). The van der Waals surface area contributed by atoms with Gasteiger partial charge in [-0.15, -0.1) is 0 Å². The Bertz CT molecular complexity index is 994. The fourth-order valence-corrected chi connectivity index (χ4v) is 3.23. The van der Waals surface area contributed by atoms with E-state index in [0.29, 0.717) is 5.69 Å². The molecule has 2 heterocycles. The molecule has 1 aromatic carbocycles. The molecule has 0 atom stereocenters. The zero-order valence-corrected chi connectivity index (χ0v) is 13.6. The van der Waals surface area contributed by atoms with E-state index < -0.39 is 10.0 Å². The lowest BCUT2D eigenvalue weighted by Crippen LogP contribution is -2.28. The van der Waals surface area contributed by atoms with Crippen LogP contribution in [0.25, 0.3) is 0 Å². The molecule has 2 aromatic rings. The van der Waals surface area contributed by atoms with Gasteiger partial charge >= 0.3 is 0 Å². The maximum Gasteiger partial charge on any atom is 0.264 e. The van der Waals surface area contributed by atoms with Crippen LogP contribution in [0.15, 0.2) is 59.0 Å². The van der Waals surface area contributed by atoms with Gasteiger partial charge in [-0.3, -0.25) is 9.69 Å². The van der Waals surface area contributed by atoms with E-state index in [1.807, 2.05) is 6.07 Å².